The van der Waals surface area contributed by atoms with Crippen LogP contribution in [0, 0.1) is 5.92 Å². The van der Waals surface area contributed by atoms with E-state index >= 15 is 0 Å². The molecule has 0 aromatic rings. The first-order valence-electron chi connectivity index (χ1n) is 7.06. The van der Waals surface area contributed by atoms with Gasteiger partial charge in [0.25, 0.3) is 0 Å². The summed E-state index contributed by atoms with van der Waals surface area (Å²) >= 11 is 0. The molecule has 0 aliphatic heterocycles. The fourth-order valence-electron chi connectivity index (χ4n) is 1.69. The van der Waals surface area contributed by atoms with Crippen LogP contribution in [-0.4, -0.2) is 40.9 Å². The van der Waals surface area contributed by atoms with Crippen LogP contribution in [0.15, 0.2) is 4.99 Å². The van der Waals surface area contributed by atoms with Crippen LogP contribution in [0.3, 0.4) is 0 Å². The number of hydrogen-bond acceptors (Lipinski definition) is 3. The average molecular weight is 271 g/mol. The van der Waals surface area contributed by atoms with Crippen LogP contribution in [0.1, 0.15) is 47.5 Å². The van der Waals surface area contributed by atoms with E-state index in [2.05, 4.69) is 25.8 Å². The highest BCUT2D eigenvalue weighted by Gasteiger charge is 2.08. The Balaban J connectivity index is 3.64. The van der Waals surface area contributed by atoms with Gasteiger partial charge in [-0.25, -0.2) is 0 Å². The van der Waals surface area contributed by atoms with Gasteiger partial charge >= 0.3 is 0 Å². The molecule has 3 nitrogen and oxygen atoms in total. The van der Waals surface area contributed by atoms with E-state index in [1.165, 1.54) is 5.71 Å². The van der Waals surface area contributed by atoms with Crippen molar-refractivity contribution in [3.63, 3.8) is 0 Å². The van der Waals surface area contributed by atoms with Crippen molar-refractivity contribution < 1.29 is 9.47 Å². The molecule has 0 heterocycles. The van der Waals surface area contributed by atoms with E-state index in [9.17, 15) is 0 Å². The summed E-state index contributed by atoms with van der Waals surface area (Å²) in [5, 5.41) is 0. The summed E-state index contributed by atoms with van der Waals surface area (Å²) in [4.78, 5) is 4.59. The quantitative estimate of drug-likeness (QED) is 0.250. The Morgan fingerprint density at radius 2 is 1.78 bits per heavy atom. The Hall–Kier alpha value is -0.193. The third-order valence-corrected chi connectivity index (χ3v) is 3.68. The van der Waals surface area contributed by atoms with E-state index < -0.39 is 0 Å². The van der Waals surface area contributed by atoms with E-state index in [1.54, 1.807) is 0 Å². The molecule has 0 saturated heterocycles. The minimum absolute atomic E-state index is 0.000686. The molecular formula is C14H29NO2Si. The second kappa shape index (κ2) is 11.9. The molecular weight excluding hydrogens is 242 g/mol. The number of hydrogen-bond donors (Lipinski definition) is 0. The Labute approximate surface area is 115 Å². The minimum Gasteiger partial charge on any atom is -0.357 e. The van der Waals surface area contributed by atoms with Crippen molar-refractivity contribution in [2.75, 3.05) is 19.8 Å². The van der Waals surface area contributed by atoms with Gasteiger partial charge in [-0.1, -0.05) is 19.9 Å². The summed E-state index contributed by atoms with van der Waals surface area (Å²) in [5.41, 5.74) is 1.28. The SMILES string of the molecule is CCOC(OCC)[Si]CCCN=C(C)CC(C)C. The maximum atomic E-state index is 5.52. The van der Waals surface area contributed by atoms with Gasteiger partial charge in [0, 0.05) is 25.5 Å². The molecule has 0 bridgehead atoms. The van der Waals surface area contributed by atoms with Crippen LogP contribution in [0.4, 0.5) is 0 Å². The second-order valence-corrected chi connectivity index (χ2v) is 6.14. The third kappa shape index (κ3) is 10.9. The van der Waals surface area contributed by atoms with Crippen molar-refractivity contribution in [1.82, 2.24) is 0 Å². The summed E-state index contributed by atoms with van der Waals surface area (Å²) < 4.78 is 11.0. The summed E-state index contributed by atoms with van der Waals surface area (Å²) in [7, 11) is 0.723. The van der Waals surface area contributed by atoms with Crippen molar-refractivity contribution >= 4 is 15.2 Å². The molecule has 0 amide bonds. The molecule has 0 rings (SSSR count). The van der Waals surface area contributed by atoms with Crippen molar-refractivity contribution in [2.45, 2.75) is 59.4 Å². The van der Waals surface area contributed by atoms with E-state index in [0.29, 0.717) is 5.92 Å². The molecule has 18 heavy (non-hydrogen) atoms. The number of nitrogens with zero attached hydrogens (tertiary/aromatic N) is 1. The Bertz CT molecular complexity index is 214. The zero-order valence-electron chi connectivity index (χ0n) is 12.7. The zero-order valence-corrected chi connectivity index (χ0v) is 13.7. The molecule has 0 unspecified atom stereocenters. The molecule has 0 spiro atoms. The van der Waals surface area contributed by atoms with Gasteiger partial charge in [-0.05, 0) is 39.5 Å². The maximum absolute atomic E-state index is 5.52. The lowest BCUT2D eigenvalue weighted by Crippen LogP contribution is -2.24. The van der Waals surface area contributed by atoms with Crippen LogP contribution in [0.5, 0.6) is 0 Å². The Kier molecular flexibility index (Phi) is 11.7. The molecule has 0 atom stereocenters. The molecule has 0 aromatic heterocycles. The van der Waals surface area contributed by atoms with Crippen LogP contribution < -0.4 is 0 Å². The number of rotatable bonds is 11. The van der Waals surface area contributed by atoms with Gasteiger partial charge in [0.1, 0.15) is 15.4 Å². The van der Waals surface area contributed by atoms with Gasteiger partial charge < -0.3 is 9.47 Å². The smallest absolute Gasteiger partial charge is 0.137 e. The molecule has 4 heteroatoms. The highest BCUT2D eigenvalue weighted by atomic mass is 28.2. The van der Waals surface area contributed by atoms with E-state index in [0.717, 1.165) is 48.2 Å². The zero-order chi connectivity index (χ0) is 13.8. The lowest BCUT2D eigenvalue weighted by molar-refractivity contribution is -0.0827. The van der Waals surface area contributed by atoms with Gasteiger partial charge in [-0.2, -0.15) is 0 Å². The molecule has 0 aliphatic carbocycles. The van der Waals surface area contributed by atoms with Gasteiger partial charge in [-0.3, -0.25) is 4.99 Å². The van der Waals surface area contributed by atoms with Gasteiger partial charge in [-0.15, -0.1) is 0 Å². The Morgan fingerprint density at radius 1 is 1.17 bits per heavy atom. The maximum Gasteiger partial charge on any atom is 0.137 e. The lowest BCUT2D eigenvalue weighted by atomic mass is 10.1. The first-order valence-corrected chi connectivity index (χ1v) is 8.35. The second-order valence-electron chi connectivity index (χ2n) is 4.77. The molecule has 106 valence electrons. The topological polar surface area (TPSA) is 30.8 Å². The third-order valence-electron chi connectivity index (χ3n) is 2.37. The number of ether oxygens (including phenoxy) is 2. The molecule has 0 fully saturated rings. The fraction of sp³-hybridized carbons (Fsp3) is 0.929. The number of aliphatic imine (C=N–C) groups is 1. The monoisotopic (exact) mass is 271 g/mol. The molecule has 0 aromatic carbocycles. The minimum atomic E-state index is 0.000686. The molecule has 0 N–H and O–H groups in total. The fourth-order valence-corrected chi connectivity index (χ4v) is 2.86. The summed E-state index contributed by atoms with van der Waals surface area (Å²) in [6.07, 6.45) is 2.24. The predicted molar refractivity (Wildman–Crippen MR) is 79.6 cm³/mol. The van der Waals surface area contributed by atoms with Gasteiger partial charge in [0.05, 0.1) is 0 Å². The van der Waals surface area contributed by atoms with Crippen molar-refractivity contribution in [3.05, 3.63) is 0 Å². The molecule has 2 radical (unpaired) electrons. The molecule has 0 aliphatic rings. The van der Waals surface area contributed by atoms with Gasteiger partial charge in [0.15, 0.2) is 0 Å². The highest BCUT2D eigenvalue weighted by molar-refractivity contribution is 6.36. The summed E-state index contributed by atoms with van der Waals surface area (Å²) in [5.74, 6) is 0.705. The van der Waals surface area contributed by atoms with Crippen LogP contribution in [0.25, 0.3) is 0 Å². The normalized spacial score (nSPS) is 12.7. The van der Waals surface area contributed by atoms with Crippen molar-refractivity contribution in [1.29, 1.82) is 0 Å². The van der Waals surface area contributed by atoms with Crippen LogP contribution in [-0.2, 0) is 9.47 Å². The van der Waals surface area contributed by atoms with E-state index in [-0.39, 0.29) is 5.91 Å². The predicted octanol–water partition coefficient (Wildman–Crippen LogP) is 3.36. The largest absolute Gasteiger partial charge is 0.357 e. The highest BCUT2D eigenvalue weighted by Crippen LogP contribution is 2.03. The standard InChI is InChI=1S/C14H29NO2Si/c1-6-16-14(17-7-2)18-10-8-9-15-13(5)11-12(3)4/h12,14H,6-11H2,1-5H3. The summed E-state index contributed by atoms with van der Waals surface area (Å²) in [6, 6.07) is 1.14. The van der Waals surface area contributed by atoms with Crippen LogP contribution >= 0.6 is 0 Å². The first kappa shape index (κ1) is 17.8. The van der Waals surface area contributed by atoms with E-state index in [1.807, 2.05) is 13.8 Å². The van der Waals surface area contributed by atoms with Crippen molar-refractivity contribution in [2.24, 2.45) is 10.9 Å². The van der Waals surface area contributed by atoms with Gasteiger partial charge in [0.2, 0.25) is 0 Å². The van der Waals surface area contributed by atoms with Crippen LogP contribution in [0.2, 0.25) is 6.04 Å². The lowest BCUT2D eigenvalue weighted by Gasteiger charge is -2.15. The molecule has 0 saturated carbocycles. The Morgan fingerprint density at radius 3 is 2.28 bits per heavy atom. The average Bonchev–Trinajstić information content (AvgIpc) is 2.28. The van der Waals surface area contributed by atoms with E-state index in [4.69, 9.17) is 9.47 Å². The first-order chi connectivity index (χ1) is 8.60. The van der Waals surface area contributed by atoms with Crippen molar-refractivity contribution in [3.8, 4) is 0 Å². The summed E-state index contributed by atoms with van der Waals surface area (Å²) in [6.45, 7) is 13.0.